The summed E-state index contributed by atoms with van der Waals surface area (Å²) >= 11 is 0. The molecule has 2 amide bonds. The minimum absolute atomic E-state index is 0.0128. The lowest BCUT2D eigenvalue weighted by Crippen LogP contribution is -2.54. The van der Waals surface area contributed by atoms with E-state index in [0.717, 1.165) is 13.2 Å². The molecule has 0 aliphatic carbocycles. The molecule has 5 N–H and O–H groups in total. The summed E-state index contributed by atoms with van der Waals surface area (Å²) in [5, 5.41) is 22.6. The maximum absolute atomic E-state index is 11.4. The molecule has 0 spiro atoms. The molecule has 0 aromatic carbocycles. The van der Waals surface area contributed by atoms with Gasteiger partial charge in [0.15, 0.2) is 5.60 Å². The number of nitrogens with one attached hydrogen (secondary N) is 3. The Balaban J connectivity index is 4.28. The van der Waals surface area contributed by atoms with Crippen molar-refractivity contribution in [3.05, 3.63) is 0 Å². The topological polar surface area (TPSA) is 145 Å². The fourth-order valence-corrected chi connectivity index (χ4v) is 2.31. The number of urea groups is 1. The van der Waals surface area contributed by atoms with Crippen molar-refractivity contribution in [2.24, 2.45) is 0 Å². The van der Waals surface area contributed by atoms with Gasteiger partial charge in [0.2, 0.25) is 10.0 Å². The first kappa shape index (κ1) is 18.6. The lowest BCUT2D eigenvalue weighted by Gasteiger charge is -2.25. The number of sulfonamides is 1. The molecule has 0 radical (unpaired) electrons. The molecule has 1 atom stereocenters. The molecule has 10 heteroatoms. The third-order valence-corrected chi connectivity index (χ3v) is 3.13. The normalized spacial score (nSPS) is 15.2. The lowest BCUT2D eigenvalue weighted by atomic mass is 10.1. The second kappa shape index (κ2) is 6.37. The summed E-state index contributed by atoms with van der Waals surface area (Å²) in [6, 6.07) is -0.713. The van der Waals surface area contributed by atoms with E-state index in [2.05, 4.69) is 15.4 Å². The number of aliphatic carboxylic acids is 1. The van der Waals surface area contributed by atoms with E-state index in [-0.39, 0.29) is 6.54 Å². The van der Waals surface area contributed by atoms with Gasteiger partial charge in [-0.1, -0.05) is 0 Å². The maximum Gasteiger partial charge on any atom is 0.337 e. The molecule has 0 fully saturated rings. The summed E-state index contributed by atoms with van der Waals surface area (Å²) in [5.74, 6) is -1.46. The SMILES string of the molecule is CC(C)(CNC(=O)NCC(C)(O)C(=O)O)NS(C)(=O)=O. The molecule has 0 aliphatic heterocycles. The summed E-state index contributed by atoms with van der Waals surface area (Å²) in [4.78, 5) is 22.0. The van der Waals surface area contributed by atoms with Crippen molar-refractivity contribution in [1.82, 2.24) is 15.4 Å². The highest BCUT2D eigenvalue weighted by atomic mass is 32.2. The molecule has 0 rings (SSSR count). The van der Waals surface area contributed by atoms with E-state index in [1.54, 1.807) is 13.8 Å². The van der Waals surface area contributed by atoms with Gasteiger partial charge in [0.05, 0.1) is 12.8 Å². The molecule has 0 aromatic heterocycles. The summed E-state index contributed by atoms with van der Waals surface area (Å²) < 4.78 is 24.5. The van der Waals surface area contributed by atoms with Gasteiger partial charge < -0.3 is 20.8 Å². The van der Waals surface area contributed by atoms with Crippen LogP contribution >= 0.6 is 0 Å². The molecule has 0 saturated carbocycles. The smallest absolute Gasteiger partial charge is 0.337 e. The molecule has 1 unspecified atom stereocenters. The summed E-state index contributed by atoms with van der Waals surface area (Å²) in [6.07, 6.45) is 0.999. The number of hydrogen-bond acceptors (Lipinski definition) is 5. The van der Waals surface area contributed by atoms with Crippen LogP contribution in [0.2, 0.25) is 0 Å². The fourth-order valence-electron chi connectivity index (χ4n) is 1.23. The van der Waals surface area contributed by atoms with Gasteiger partial charge >= 0.3 is 12.0 Å². The quantitative estimate of drug-likeness (QED) is 0.385. The maximum atomic E-state index is 11.4. The van der Waals surface area contributed by atoms with Gasteiger partial charge in [-0.2, -0.15) is 0 Å². The molecule has 118 valence electrons. The largest absolute Gasteiger partial charge is 0.479 e. The minimum Gasteiger partial charge on any atom is -0.479 e. The highest BCUT2D eigenvalue weighted by molar-refractivity contribution is 7.88. The van der Waals surface area contributed by atoms with E-state index >= 15 is 0 Å². The Labute approximate surface area is 117 Å². The van der Waals surface area contributed by atoms with Crippen LogP contribution in [0.4, 0.5) is 4.79 Å². The Hall–Kier alpha value is -1.39. The number of carboxylic acids is 1. The summed E-state index contributed by atoms with van der Waals surface area (Å²) in [7, 11) is -3.42. The van der Waals surface area contributed by atoms with Gasteiger partial charge in [-0.15, -0.1) is 0 Å². The highest BCUT2D eigenvalue weighted by Crippen LogP contribution is 2.02. The van der Waals surface area contributed by atoms with E-state index in [9.17, 15) is 23.1 Å². The first-order valence-electron chi connectivity index (χ1n) is 5.72. The van der Waals surface area contributed by atoms with Gasteiger partial charge in [0.25, 0.3) is 0 Å². The molecular formula is C10H21N3O6S. The molecule has 0 aromatic rings. The van der Waals surface area contributed by atoms with Crippen LogP contribution in [0.25, 0.3) is 0 Å². The van der Waals surface area contributed by atoms with Crippen molar-refractivity contribution in [3.8, 4) is 0 Å². The lowest BCUT2D eigenvalue weighted by molar-refractivity contribution is -0.155. The van der Waals surface area contributed by atoms with Crippen molar-refractivity contribution < 1.29 is 28.2 Å². The molecule has 20 heavy (non-hydrogen) atoms. The van der Waals surface area contributed by atoms with Crippen LogP contribution in [-0.4, -0.2) is 61.1 Å². The van der Waals surface area contributed by atoms with Crippen LogP contribution in [0, 0.1) is 0 Å². The van der Waals surface area contributed by atoms with E-state index in [1.165, 1.54) is 0 Å². The van der Waals surface area contributed by atoms with Gasteiger partial charge in [0.1, 0.15) is 0 Å². The number of aliphatic hydroxyl groups is 1. The molecule has 9 nitrogen and oxygen atoms in total. The van der Waals surface area contributed by atoms with Crippen molar-refractivity contribution in [1.29, 1.82) is 0 Å². The van der Waals surface area contributed by atoms with Crippen LogP contribution in [0.1, 0.15) is 20.8 Å². The zero-order chi connectivity index (χ0) is 16.2. The fraction of sp³-hybridized carbons (Fsp3) is 0.800. The number of hydrogen-bond donors (Lipinski definition) is 5. The average molecular weight is 311 g/mol. The molecule has 0 aliphatic rings. The molecule has 0 heterocycles. The van der Waals surface area contributed by atoms with Gasteiger partial charge in [0, 0.05) is 12.1 Å². The predicted molar refractivity (Wildman–Crippen MR) is 71.7 cm³/mol. The Morgan fingerprint density at radius 2 is 1.55 bits per heavy atom. The summed E-state index contributed by atoms with van der Waals surface area (Å²) in [5.41, 5.74) is -2.97. The molecular weight excluding hydrogens is 290 g/mol. The van der Waals surface area contributed by atoms with Crippen LogP contribution in [0.3, 0.4) is 0 Å². The van der Waals surface area contributed by atoms with E-state index in [0.29, 0.717) is 0 Å². The van der Waals surface area contributed by atoms with Crippen LogP contribution in [0.15, 0.2) is 0 Å². The zero-order valence-electron chi connectivity index (χ0n) is 11.8. The van der Waals surface area contributed by atoms with E-state index in [4.69, 9.17) is 5.11 Å². The number of amides is 2. The minimum atomic E-state index is -3.42. The van der Waals surface area contributed by atoms with E-state index in [1.807, 2.05) is 0 Å². The van der Waals surface area contributed by atoms with Crippen LogP contribution in [-0.2, 0) is 14.8 Å². The van der Waals surface area contributed by atoms with Gasteiger partial charge in [-0.3, -0.25) is 0 Å². The third kappa shape index (κ3) is 7.92. The standard InChI is InChI=1S/C10H21N3O6S/c1-9(2,13-20(4,18)19)5-11-8(16)12-6-10(3,17)7(14)15/h13,17H,5-6H2,1-4H3,(H,14,15)(H2,11,12,16). The second-order valence-electron chi connectivity index (χ2n) is 5.37. The zero-order valence-corrected chi connectivity index (χ0v) is 12.7. The number of rotatable bonds is 7. The number of carbonyl (C=O) groups is 2. The first-order valence-corrected chi connectivity index (χ1v) is 7.61. The first-order chi connectivity index (χ1) is 8.75. The third-order valence-electron chi connectivity index (χ3n) is 2.21. The Bertz CT molecular complexity index is 471. The number of carboxylic acid groups (broad SMARTS) is 1. The predicted octanol–water partition coefficient (Wildman–Crippen LogP) is -1.55. The van der Waals surface area contributed by atoms with Gasteiger partial charge in [-0.05, 0) is 20.8 Å². The average Bonchev–Trinajstić information content (AvgIpc) is 2.20. The van der Waals surface area contributed by atoms with Crippen molar-refractivity contribution in [2.45, 2.75) is 31.9 Å². The molecule has 0 saturated heterocycles. The van der Waals surface area contributed by atoms with Crippen LogP contribution < -0.4 is 15.4 Å². The number of carbonyl (C=O) groups excluding carboxylic acids is 1. The highest BCUT2D eigenvalue weighted by Gasteiger charge is 2.30. The molecule has 0 bridgehead atoms. The van der Waals surface area contributed by atoms with Crippen LogP contribution in [0.5, 0.6) is 0 Å². The van der Waals surface area contributed by atoms with Crippen molar-refractivity contribution >= 4 is 22.0 Å². The Kier molecular flexibility index (Phi) is 5.93. The van der Waals surface area contributed by atoms with Gasteiger partial charge in [-0.25, -0.2) is 22.7 Å². The Morgan fingerprint density at radius 1 is 1.10 bits per heavy atom. The monoisotopic (exact) mass is 311 g/mol. The summed E-state index contributed by atoms with van der Waals surface area (Å²) in [6.45, 7) is 3.70. The van der Waals surface area contributed by atoms with Crippen molar-refractivity contribution in [3.63, 3.8) is 0 Å². The van der Waals surface area contributed by atoms with Crippen molar-refractivity contribution in [2.75, 3.05) is 19.3 Å². The second-order valence-corrected chi connectivity index (χ2v) is 7.12. The Morgan fingerprint density at radius 3 is 1.95 bits per heavy atom. The van der Waals surface area contributed by atoms with E-state index < -0.39 is 39.7 Å².